The molecular weight excluding hydrogens is 446 g/mol. The van der Waals surface area contributed by atoms with Gasteiger partial charge in [-0.15, -0.1) is 12.4 Å². The van der Waals surface area contributed by atoms with E-state index in [2.05, 4.69) is 10.2 Å². The Morgan fingerprint density at radius 1 is 1.12 bits per heavy atom. The van der Waals surface area contributed by atoms with Gasteiger partial charge in [0.05, 0.1) is 6.54 Å². The first-order chi connectivity index (χ1) is 15.6. The Morgan fingerprint density at radius 3 is 2.55 bits per heavy atom. The fourth-order valence-corrected chi connectivity index (χ4v) is 3.44. The fourth-order valence-electron chi connectivity index (χ4n) is 3.44. The Balaban J connectivity index is 0.00000306. The van der Waals surface area contributed by atoms with Crippen LogP contribution in [0.1, 0.15) is 22.5 Å². The highest BCUT2D eigenvalue weighted by Gasteiger charge is 2.19. The monoisotopic (exact) mass is 471 g/mol. The Hall–Kier alpha value is -3.33. The Morgan fingerprint density at radius 2 is 1.88 bits per heavy atom. The molecule has 1 aliphatic rings. The lowest BCUT2D eigenvalue weighted by Crippen LogP contribution is -2.38. The molecule has 3 N–H and O–H groups in total. The van der Waals surface area contributed by atoms with Gasteiger partial charge in [-0.3, -0.25) is 19.7 Å². The summed E-state index contributed by atoms with van der Waals surface area (Å²) in [6.45, 7) is 3.30. The van der Waals surface area contributed by atoms with E-state index in [9.17, 15) is 9.59 Å². The van der Waals surface area contributed by atoms with Crippen molar-refractivity contribution in [3.05, 3.63) is 72.0 Å². The number of likely N-dealkylation sites (tertiary alicyclic amines) is 1. The Labute approximate surface area is 197 Å². The van der Waals surface area contributed by atoms with E-state index in [1.165, 1.54) is 18.6 Å². The summed E-state index contributed by atoms with van der Waals surface area (Å²) in [5.41, 5.74) is 3.54. The van der Waals surface area contributed by atoms with Crippen LogP contribution in [0.25, 0.3) is 16.5 Å². The molecule has 2 heterocycles. The smallest absolute Gasteiger partial charge is 0.274 e. The van der Waals surface area contributed by atoms with Crippen LogP contribution >= 0.6 is 12.4 Å². The van der Waals surface area contributed by atoms with E-state index in [-0.39, 0.29) is 24.9 Å². The number of ether oxygens (including phenoxy) is 1. The third kappa shape index (κ3) is 6.35. The lowest BCUT2D eigenvalue weighted by molar-refractivity contribution is -0.116. The van der Waals surface area contributed by atoms with Crippen LogP contribution < -0.4 is 15.5 Å². The van der Waals surface area contributed by atoms with E-state index in [1.54, 1.807) is 23.7 Å². The van der Waals surface area contributed by atoms with E-state index >= 15 is 0 Å². The van der Waals surface area contributed by atoms with Gasteiger partial charge in [0.1, 0.15) is 23.7 Å². The summed E-state index contributed by atoms with van der Waals surface area (Å²) in [4.78, 5) is 26.1. The summed E-state index contributed by atoms with van der Waals surface area (Å²) >= 11 is 0. The van der Waals surface area contributed by atoms with Gasteiger partial charge in [-0.1, -0.05) is 18.2 Å². The number of halogens is 1. The number of nitrogens with one attached hydrogen (secondary N) is 2. The molecule has 8 nitrogen and oxygen atoms in total. The summed E-state index contributed by atoms with van der Waals surface area (Å²) in [7, 11) is 0. The second kappa shape index (κ2) is 11.5. The van der Waals surface area contributed by atoms with E-state index in [0.717, 1.165) is 29.6 Å². The van der Waals surface area contributed by atoms with Crippen molar-refractivity contribution in [3.63, 3.8) is 0 Å². The van der Waals surface area contributed by atoms with Crippen LogP contribution in [0.2, 0.25) is 0 Å². The zero-order valence-corrected chi connectivity index (χ0v) is 18.8. The Kier molecular flexibility index (Phi) is 8.48. The highest BCUT2D eigenvalue weighted by molar-refractivity contribution is 5.96. The summed E-state index contributed by atoms with van der Waals surface area (Å²) in [6.07, 6.45) is 2.76. The van der Waals surface area contributed by atoms with Gasteiger partial charge in [-0.2, -0.15) is 0 Å². The van der Waals surface area contributed by atoms with Crippen molar-refractivity contribution in [2.24, 2.45) is 0 Å². The maximum absolute atomic E-state index is 12.5. The minimum Gasteiger partial charge on any atom is -0.492 e. The summed E-state index contributed by atoms with van der Waals surface area (Å²) in [6, 6.07) is 16.1. The topological polar surface area (TPSA) is 104 Å². The van der Waals surface area contributed by atoms with E-state index in [1.807, 2.05) is 30.3 Å². The molecule has 0 saturated carbocycles. The van der Waals surface area contributed by atoms with Gasteiger partial charge in [0.2, 0.25) is 5.91 Å². The van der Waals surface area contributed by atoms with Crippen molar-refractivity contribution in [1.82, 2.24) is 15.7 Å². The van der Waals surface area contributed by atoms with E-state index in [0.29, 0.717) is 30.2 Å². The third-order valence-electron chi connectivity index (χ3n) is 5.28. The van der Waals surface area contributed by atoms with Gasteiger partial charge in [-0.25, -0.2) is 5.48 Å². The second-order valence-corrected chi connectivity index (χ2v) is 7.55. The molecule has 0 atom stereocenters. The number of para-hydroxylation sites is 1. The largest absolute Gasteiger partial charge is 0.492 e. The first-order valence-electron chi connectivity index (χ1n) is 10.5. The molecule has 0 unspecified atom stereocenters. The molecule has 1 fully saturated rings. The van der Waals surface area contributed by atoms with Crippen LogP contribution in [0, 0.1) is 0 Å². The molecule has 9 heteroatoms. The molecule has 1 aliphatic heterocycles. The Bertz CT molecular complexity index is 1090. The molecule has 2 aromatic carbocycles. The van der Waals surface area contributed by atoms with Crippen molar-refractivity contribution in [2.75, 3.05) is 32.8 Å². The third-order valence-corrected chi connectivity index (χ3v) is 5.28. The van der Waals surface area contributed by atoms with Crippen LogP contribution in [0.5, 0.6) is 5.75 Å². The average molecular weight is 472 g/mol. The summed E-state index contributed by atoms with van der Waals surface area (Å²) < 4.78 is 11.6. The number of fused-ring (bicyclic) bond motifs is 1. The van der Waals surface area contributed by atoms with Gasteiger partial charge in [0.25, 0.3) is 5.91 Å². The molecule has 3 aromatic rings. The first-order valence-corrected chi connectivity index (χ1v) is 10.5. The van der Waals surface area contributed by atoms with Crippen molar-refractivity contribution >= 4 is 40.8 Å². The zero-order valence-electron chi connectivity index (χ0n) is 18.0. The molecule has 0 bridgehead atoms. The molecule has 2 amide bonds. The average Bonchev–Trinajstić information content (AvgIpc) is 3.22. The predicted molar refractivity (Wildman–Crippen MR) is 127 cm³/mol. The minimum absolute atomic E-state index is 0. The number of furan rings is 1. The van der Waals surface area contributed by atoms with Gasteiger partial charge in [0.15, 0.2) is 0 Å². The molecule has 0 radical (unpaired) electrons. The molecule has 4 rings (SSSR count). The number of carbonyl (C=O) groups is 2. The van der Waals surface area contributed by atoms with Crippen molar-refractivity contribution in [3.8, 4) is 5.75 Å². The molecule has 174 valence electrons. The maximum Gasteiger partial charge on any atom is 0.274 e. The van der Waals surface area contributed by atoms with Crippen LogP contribution in [0.15, 0.2) is 65.1 Å². The number of amides is 2. The van der Waals surface area contributed by atoms with Gasteiger partial charge in [0, 0.05) is 29.1 Å². The highest BCUT2D eigenvalue weighted by atomic mass is 35.5. The molecule has 0 spiro atoms. The lowest BCUT2D eigenvalue weighted by Gasteiger charge is -2.31. The van der Waals surface area contributed by atoms with Crippen molar-refractivity contribution < 1.29 is 24.0 Å². The number of hydroxylamine groups is 1. The van der Waals surface area contributed by atoms with Crippen molar-refractivity contribution in [1.29, 1.82) is 0 Å². The second-order valence-electron chi connectivity index (χ2n) is 7.55. The SMILES string of the molecule is Cl.O=C(/C=C(\CN1CCC1)c1cc2ccccc2o1)NCCOc1ccc(C(=O)NO)cc1. The highest BCUT2D eigenvalue weighted by Crippen LogP contribution is 2.26. The molecule has 1 saturated heterocycles. The zero-order chi connectivity index (χ0) is 22.3. The lowest BCUT2D eigenvalue weighted by atomic mass is 10.1. The van der Waals surface area contributed by atoms with Gasteiger partial charge >= 0.3 is 0 Å². The van der Waals surface area contributed by atoms with Crippen molar-refractivity contribution in [2.45, 2.75) is 6.42 Å². The van der Waals surface area contributed by atoms with E-state index < -0.39 is 5.91 Å². The van der Waals surface area contributed by atoms with E-state index in [4.69, 9.17) is 14.4 Å². The van der Waals surface area contributed by atoms with Crippen LogP contribution in [-0.2, 0) is 4.79 Å². The number of benzene rings is 2. The molecule has 1 aromatic heterocycles. The van der Waals surface area contributed by atoms with Gasteiger partial charge < -0.3 is 14.5 Å². The van der Waals surface area contributed by atoms with Crippen LogP contribution in [-0.4, -0.2) is 54.7 Å². The van der Waals surface area contributed by atoms with Gasteiger partial charge in [-0.05, 0) is 55.9 Å². The molecule has 33 heavy (non-hydrogen) atoms. The number of hydrogen-bond donors (Lipinski definition) is 3. The minimum atomic E-state index is -0.589. The molecule has 0 aliphatic carbocycles. The summed E-state index contributed by atoms with van der Waals surface area (Å²) in [5.74, 6) is 0.468. The number of hydrogen-bond acceptors (Lipinski definition) is 6. The standard InChI is InChI=1S/C24H25N3O5.ClH/c28-23(25-10-13-31-20-8-6-17(7-9-20)24(29)26-30)15-19(16-27-11-3-12-27)22-14-18-4-1-2-5-21(18)32-22;/h1-2,4-9,14-15,30H,3,10-13,16H2,(H,25,28)(H,26,29);1H/b19-15+;. The number of nitrogens with zero attached hydrogens (tertiary/aromatic N) is 1. The first kappa shape index (κ1) is 24.3. The summed E-state index contributed by atoms with van der Waals surface area (Å²) in [5, 5.41) is 12.5. The normalized spacial score (nSPS) is 13.7. The van der Waals surface area contributed by atoms with Crippen LogP contribution in [0.4, 0.5) is 0 Å². The maximum atomic E-state index is 12.5. The molecular formula is C24H26ClN3O5. The number of rotatable bonds is 9. The predicted octanol–water partition coefficient (Wildman–Crippen LogP) is 3.26. The number of carbonyl (C=O) groups excluding carboxylic acids is 2. The quantitative estimate of drug-likeness (QED) is 0.191. The van der Waals surface area contributed by atoms with Crippen LogP contribution in [0.3, 0.4) is 0 Å². The fraction of sp³-hybridized carbons (Fsp3) is 0.250.